The number of fused-ring (bicyclic) bond motifs is 1. The van der Waals surface area contributed by atoms with Gasteiger partial charge in [0.25, 0.3) is 11.5 Å². The van der Waals surface area contributed by atoms with Crippen LogP contribution >= 0.6 is 24.0 Å². The summed E-state index contributed by atoms with van der Waals surface area (Å²) in [6.45, 7) is 0. The highest BCUT2D eigenvalue weighted by Gasteiger charge is 2.15. The molecular formula is C17H16Cl2N4O3. The quantitative estimate of drug-likeness (QED) is 0.504. The summed E-state index contributed by atoms with van der Waals surface area (Å²) < 4.78 is 1.35. The normalized spacial score (nSPS) is 9.73. The van der Waals surface area contributed by atoms with E-state index >= 15 is 0 Å². The number of nitrogens with zero attached hydrogens (tertiary/aromatic N) is 2. The number of pyridine rings is 1. The summed E-state index contributed by atoms with van der Waals surface area (Å²) >= 11 is 6.00. The van der Waals surface area contributed by atoms with E-state index in [-0.39, 0.29) is 35.0 Å². The highest BCUT2D eigenvalue weighted by atomic mass is 35.5. The molecule has 0 bridgehead atoms. The molecule has 136 valence electrons. The molecule has 0 radical (unpaired) electrons. The molecule has 0 saturated heterocycles. The first kappa shape index (κ1) is 21.2. The number of hydrogen-bond acceptors (Lipinski definition) is 2. The molecule has 0 spiro atoms. The minimum Gasteiger partial charge on any atom is -0.412 e. The summed E-state index contributed by atoms with van der Waals surface area (Å²) in [6.07, 6.45) is 1.42. The van der Waals surface area contributed by atoms with Crippen molar-refractivity contribution in [1.82, 2.24) is 4.57 Å². The zero-order valence-electron chi connectivity index (χ0n) is 13.3. The number of halogens is 2. The lowest BCUT2D eigenvalue weighted by molar-refractivity contribution is 0.100. The number of amides is 1. The van der Waals surface area contributed by atoms with Crippen molar-refractivity contribution in [3.8, 4) is 5.69 Å². The van der Waals surface area contributed by atoms with E-state index in [0.29, 0.717) is 21.5 Å². The van der Waals surface area contributed by atoms with Crippen molar-refractivity contribution in [3.63, 3.8) is 0 Å². The van der Waals surface area contributed by atoms with E-state index in [1.54, 1.807) is 48.5 Å². The average molecular weight is 395 g/mol. The summed E-state index contributed by atoms with van der Waals surface area (Å²) in [5.74, 6) is -0.966. The van der Waals surface area contributed by atoms with Crippen molar-refractivity contribution in [2.45, 2.75) is 0 Å². The molecule has 9 heteroatoms. The van der Waals surface area contributed by atoms with Gasteiger partial charge in [-0.15, -0.1) is 12.4 Å². The van der Waals surface area contributed by atoms with Crippen LogP contribution in [0.5, 0.6) is 0 Å². The molecule has 7 nitrogen and oxygen atoms in total. The number of carbonyl (C=O) groups is 1. The van der Waals surface area contributed by atoms with E-state index in [1.807, 2.05) is 0 Å². The second-order valence-corrected chi connectivity index (χ2v) is 5.52. The molecule has 0 saturated carbocycles. The van der Waals surface area contributed by atoms with E-state index in [1.165, 1.54) is 10.8 Å². The maximum Gasteiger partial charge on any atom is 0.282 e. The molecule has 1 heterocycles. The van der Waals surface area contributed by atoms with Gasteiger partial charge < -0.3 is 16.9 Å². The summed E-state index contributed by atoms with van der Waals surface area (Å²) in [4.78, 5) is 28.7. The maximum atomic E-state index is 12.8. The van der Waals surface area contributed by atoms with Crippen LogP contribution in [0, 0.1) is 0 Å². The lowest BCUT2D eigenvalue weighted by Gasteiger charge is -2.11. The van der Waals surface area contributed by atoms with Crippen molar-refractivity contribution in [2.75, 3.05) is 0 Å². The van der Waals surface area contributed by atoms with Crippen LogP contribution in [0.2, 0.25) is 5.02 Å². The van der Waals surface area contributed by atoms with Crippen molar-refractivity contribution < 1.29 is 10.3 Å². The van der Waals surface area contributed by atoms with Crippen LogP contribution in [0.1, 0.15) is 10.4 Å². The first-order valence-electron chi connectivity index (χ1n) is 7.01. The van der Waals surface area contributed by atoms with Crippen molar-refractivity contribution in [2.24, 2.45) is 16.5 Å². The Labute approximate surface area is 159 Å². The Morgan fingerprint density at radius 1 is 1.04 bits per heavy atom. The average Bonchev–Trinajstić information content (AvgIpc) is 2.54. The summed E-state index contributed by atoms with van der Waals surface area (Å²) in [7, 11) is 0. The SMILES string of the molecule is Cl.NC(N)=NC(=O)c1cn(-c2cccc(Cl)c2)c(=O)c2ccccc12.O. The number of carbonyl (C=O) groups excluding carboxylic acids is 1. The lowest BCUT2D eigenvalue weighted by Crippen LogP contribution is -2.25. The van der Waals surface area contributed by atoms with Crippen molar-refractivity contribution in [3.05, 3.63) is 75.7 Å². The fraction of sp³-hybridized carbons (Fsp3) is 0. The van der Waals surface area contributed by atoms with E-state index < -0.39 is 5.91 Å². The predicted octanol–water partition coefficient (Wildman–Crippen LogP) is 1.65. The molecule has 0 aliphatic heterocycles. The van der Waals surface area contributed by atoms with Gasteiger partial charge in [0.2, 0.25) is 0 Å². The molecule has 6 N–H and O–H groups in total. The van der Waals surface area contributed by atoms with Gasteiger partial charge in [0.15, 0.2) is 5.96 Å². The Balaban J connectivity index is 0.00000169. The Morgan fingerprint density at radius 2 is 1.69 bits per heavy atom. The van der Waals surface area contributed by atoms with Crippen LogP contribution < -0.4 is 17.0 Å². The Morgan fingerprint density at radius 3 is 2.31 bits per heavy atom. The summed E-state index contributed by atoms with van der Waals surface area (Å²) in [5, 5.41) is 1.34. The zero-order chi connectivity index (χ0) is 17.3. The Kier molecular flexibility index (Phi) is 6.91. The Bertz CT molecular complexity index is 1040. The predicted molar refractivity (Wildman–Crippen MR) is 106 cm³/mol. The molecule has 0 atom stereocenters. The standard InChI is InChI=1S/C17H13ClN4O2.ClH.H2O/c18-10-4-3-5-11(8-10)22-9-14(15(23)21-17(19)20)12-6-1-2-7-13(12)16(22)24;;/h1-9H,(H4,19,20,21,23);1H;1H2. The fourth-order valence-electron chi connectivity index (χ4n) is 2.46. The molecular weight excluding hydrogens is 379 g/mol. The molecule has 1 aromatic heterocycles. The third kappa shape index (κ3) is 4.02. The minimum atomic E-state index is -0.623. The van der Waals surface area contributed by atoms with Gasteiger partial charge in [0.05, 0.1) is 11.3 Å². The van der Waals surface area contributed by atoms with Crippen LogP contribution in [0.15, 0.2) is 64.5 Å². The van der Waals surface area contributed by atoms with Crippen LogP contribution in [0.25, 0.3) is 16.5 Å². The molecule has 26 heavy (non-hydrogen) atoms. The number of guanidine groups is 1. The fourth-order valence-corrected chi connectivity index (χ4v) is 2.64. The van der Waals surface area contributed by atoms with Crippen LogP contribution in [0.4, 0.5) is 0 Å². The smallest absolute Gasteiger partial charge is 0.282 e. The first-order valence-corrected chi connectivity index (χ1v) is 7.39. The van der Waals surface area contributed by atoms with E-state index in [2.05, 4.69) is 4.99 Å². The third-order valence-corrected chi connectivity index (χ3v) is 3.71. The van der Waals surface area contributed by atoms with Crippen molar-refractivity contribution >= 4 is 46.6 Å². The maximum absolute atomic E-state index is 12.8. The minimum absolute atomic E-state index is 0. The third-order valence-electron chi connectivity index (χ3n) is 3.47. The number of benzene rings is 2. The number of rotatable bonds is 2. The zero-order valence-corrected chi connectivity index (χ0v) is 14.9. The van der Waals surface area contributed by atoms with E-state index in [9.17, 15) is 9.59 Å². The molecule has 0 unspecified atom stereocenters. The summed E-state index contributed by atoms with van der Waals surface area (Å²) in [6, 6.07) is 13.5. The molecule has 3 rings (SSSR count). The second kappa shape index (κ2) is 8.48. The van der Waals surface area contributed by atoms with Crippen LogP contribution in [-0.4, -0.2) is 21.9 Å². The van der Waals surface area contributed by atoms with Gasteiger partial charge in [0.1, 0.15) is 0 Å². The topological polar surface area (TPSA) is 135 Å². The van der Waals surface area contributed by atoms with Gasteiger partial charge in [-0.05, 0) is 24.3 Å². The Hall–Kier alpha value is -2.87. The summed E-state index contributed by atoms with van der Waals surface area (Å²) in [5.41, 5.74) is 11.1. The molecule has 1 amide bonds. The van der Waals surface area contributed by atoms with Gasteiger partial charge in [-0.3, -0.25) is 14.2 Å². The van der Waals surface area contributed by atoms with Crippen molar-refractivity contribution in [1.29, 1.82) is 0 Å². The molecule has 3 aromatic rings. The number of aliphatic imine (C=N–C) groups is 1. The van der Waals surface area contributed by atoms with Gasteiger partial charge in [-0.2, -0.15) is 4.99 Å². The number of nitrogens with two attached hydrogens (primary N) is 2. The largest absolute Gasteiger partial charge is 0.412 e. The highest BCUT2D eigenvalue weighted by molar-refractivity contribution is 6.30. The van der Waals surface area contributed by atoms with Gasteiger partial charge >= 0.3 is 0 Å². The van der Waals surface area contributed by atoms with Gasteiger partial charge in [-0.25, -0.2) is 0 Å². The molecule has 2 aromatic carbocycles. The number of aromatic nitrogens is 1. The molecule has 0 aliphatic rings. The van der Waals surface area contributed by atoms with E-state index in [4.69, 9.17) is 23.1 Å². The molecule has 0 fully saturated rings. The molecule has 0 aliphatic carbocycles. The first-order chi connectivity index (χ1) is 11.5. The number of hydrogen-bond donors (Lipinski definition) is 2. The van der Waals surface area contributed by atoms with Gasteiger partial charge in [-0.1, -0.05) is 35.9 Å². The van der Waals surface area contributed by atoms with Gasteiger partial charge in [0, 0.05) is 22.0 Å². The second-order valence-electron chi connectivity index (χ2n) is 5.09. The van der Waals surface area contributed by atoms with Crippen LogP contribution in [-0.2, 0) is 0 Å². The van der Waals surface area contributed by atoms with E-state index in [0.717, 1.165) is 0 Å². The van der Waals surface area contributed by atoms with Crippen LogP contribution in [0.3, 0.4) is 0 Å². The lowest BCUT2D eigenvalue weighted by atomic mass is 10.1. The monoisotopic (exact) mass is 394 g/mol. The highest BCUT2D eigenvalue weighted by Crippen LogP contribution is 2.20.